The molecule has 21 heavy (non-hydrogen) atoms. The molecule has 2 heterocycles. The summed E-state index contributed by atoms with van der Waals surface area (Å²) in [5.41, 5.74) is 0.565. The van der Waals surface area contributed by atoms with Crippen LogP contribution in [0.3, 0.4) is 0 Å². The molecule has 0 saturated carbocycles. The molecule has 1 aliphatic rings. The molecule has 0 bridgehead atoms. The van der Waals surface area contributed by atoms with E-state index in [4.69, 9.17) is 0 Å². The fourth-order valence-corrected chi connectivity index (χ4v) is 5.18. The van der Waals surface area contributed by atoms with Crippen molar-refractivity contribution in [1.29, 1.82) is 0 Å². The maximum atomic E-state index is 12.4. The maximum Gasteiger partial charge on any atom is 0.349 e. The monoisotopic (exact) mass is 332 g/mol. The summed E-state index contributed by atoms with van der Waals surface area (Å²) >= 11 is 1.09. The highest BCUT2D eigenvalue weighted by atomic mass is 32.2. The Morgan fingerprint density at radius 2 is 2.33 bits per heavy atom. The fourth-order valence-electron chi connectivity index (χ4n) is 2.43. The second-order valence-electron chi connectivity index (χ2n) is 5.11. The second-order valence-corrected chi connectivity index (χ2v) is 7.70. The molecule has 1 saturated heterocycles. The molecule has 2 N–H and O–H groups in total. The molecule has 1 aliphatic heterocycles. The predicted molar refractivity (Wildman–Crippen MR) is 81.2 cm³/mol. The molecule has 1 atom stereocenters. The molecule has 0 spiro atoms. The van der Waals surface area contributed by atoms with Crippen molar-refractivity contribution in [2.45, 2.75) is 24.7 Å². The number of ether oxygens (including phenoxy) is 1. The minimum atomic E-state index is -3.69. The van der Waals surface area contributed by atoms with E-state index in [-0.39, 0.29) is 9.77 Å². The minimum absolute atomic E-state index is 0.0453. The van der Waals surface area contributed by atoms with Gasteiger partial charge in [0.15, 0.2) is 0 Å². The highest BCUT2D eigenvalue weighted by molar-refractivity contribution is 7.89. The zero-order valence-corrected chi connectivity index (χ0v) is 13.8. The smallest absolute Gasteiger partial charge is 0.349 e. The van der Waals surface area contributed by atoms with Crippen molar-refractivity contribution in [3.63, 3.8) is 0 Å². The largest absolute Gasteiger partial charge is 0.465 e. The quantitative estimate of drug-likeness (QED) is 0.763. The molecule has 0 aliphatic carbocycles. The number of esters is 1. The number of methoxy groups -OCH3 is 1. The number of sulfonamides is 1. The van der Waals surface area contributed by atoms with E-state index >= 15 is 0 Å². The first-order valence-corrected chi connectivity index (χ1v) is 9.18. The van der Waals surface area contributed by atoms with Crippen LogP contribution in [-0.2, 0) is 14.8 Å². The standard InChI is InChI=1S/C13H20N2O4S2/c1-9-8-20-11(13(16)19-2)12(9)21(17,18)15-6-4-10-3-5-14-7-10/h8,10,14-15H,3-7H2,1-2H3. The first-order chi connectivity index (χ1) is 9.95. The molecule has 2 rings (SSSR count). The third-order valence-electron chi connectivity index (χ3n) is 3.56. The van der Waals surface area contributed by atoms with E-state index in [1.54, 1.807) is 12.3 Å². The van der Waals surface area contributed by atoms with Crippen molar-refractivity contribution >= 4 is 27.3 Å². The van der Waals surface area contributed by atoms with Gasteiger partial charge in [0.1, 0.15) is 9.77 Å². The average Bonchev–Trinajstić information content (AvgIpc) is 3.07. The van der Waals surface area contributed by atoms with Crippen LogP contribution in [0.2, 0.25) is 0 Å². The Kier molecular flexibility index (Phi) is 5.37. The Balaban J connectivity index is 2.08. The zero-order chi connectivity index (χ0) is 15.5. The summed E-state index contributed by atoms with van der Waals surface area (Å²) in [6, 6.07) is 0. The molecule has 1 fully saturated rings. The molecule has 0 aromatic carbocycles. The lowest BCUT2D eigenvalue weighted by Gasteiger charge is -2.11. The van der Waals surface area contributed by atoms with E-state index in [0.29, 0.717) is 18.0 Å². The van der Waals surface area contributed by atoms with Gasteiger partial charge in [0.05, 0.1) is 7.11 Å². The van der Waals surface area contributed by atoms with Crippen molar-refractivity contribution in [1.82, 2.24) is 10.0 Å². The van der Waals surface area contributed by atoms with Gasteiger partial charge in [-0.15, -0.1) is 11.3 Å². The molecule has 1 aromatic rings. The van der Waals surface area contributed by atoms with Crippen LogP contribution >= 0.6 is 11.3 Å². The summed E-state index contributed by atoms with van der Waals surface area (Å²) in [4.78, 5) is 11.8. The van der Waals surface area contributed by atoms with Gasteiger partial charge in [-0.2, -0.15) is 0 Å². The van der Waals surface area contributed by atoms with E-state index in [1.165, 1.54) is 7.11 Å². The Morgan fingerprint density at radius 1 is 1.57 bits per heavy atom. The summed E-state index contributed by atoms with van der Waals surface area (Å²) in [5, 5.41) is 4.91. The summed E-state index contributed by atoms with van der Waals surface area (Å²) in [5.74, 6) is -0.107. The average molecular weight is 332 g/mol. The molecule has 0 amide bonds. The molecule has 1 aromatic heterocycles. The van der Waals surface area contributed by atoms with Crippen molar-refractivity contribution < 1.29 is 17.9 Å². The first-order valence-electron chi connectivity index (χ1n) is 6.82. The normalized spacial score (nSPS) is 18.9. The van der Waals surface area contributed by atoms with Gasteiger partial charge < -0.3 is 10.1 Å². The van der Waals surface area contributed by atoms with Gasteiger partial charge in [0.25, 0.3) is 0 Å². The van der Waals surface area contributed by atoms with Crippen molar-refractivity contribution in [3.05, 3.63) is 15.8 Å². The van der Waals surface area contributed by atoms with Gasteiger partial charge >= 0.3 is 5.97 Å². The van der Waals surface area contributed by atoms with Crippen LogP contribution in [0, 0.1) is 12.8 Å². The highest BCUT2D eigenvalue weighted by Crippen LogP contribution is 2.27. The fraction of sp³-hybridized carbons (Fsp3) is 0.615. The first kappa shape index (κ1) is 16.4. The van der Waals surface area contributed by atoms with Crippen LogP contribution in [-0.4, -0.2) is 41.1 Å². The van der Waals surface area contributed by atoms with Gasteiger partial charge in [0, 0.05) is 6.54 Å². The summed E-state index contributed by atoms with van der Waals surface area (Å²) in [7, 11) is -2.44. The predicted octanol–water partition coefficient (Wildman–Crippen LogP) is 1.12. The molecule has 1 unspecified atom stereocenters. The van der Waals surface area contributed by atoms with E-state index in [1.807, 2.05) is 0 Å². The number of nitrogens with one attached hydrogen (secondary N) is 2. The summed E-state index contributed by atoms with van der Waals surface area (Å²) < 4.78 is 32.0. The van der Waals surface area contributed by atoms with E-state index < -0.39 is 16.0 Å². The number of hydrogen-bond acceptors (Lipinski definition) is 6. The lowest BCUT2D eigenvalue weighted by atomic mass is 10.1. The van der Waals surface area contributed by atoms with Crippen LogP contribution < -0.4 is 10.0 Å². The second kappa shape index (κ2) is 6.87. The van der Waals surface area contributed by atoms with Gasteiger partial charge in [0.2, 0.25) is 10.0 Å². The number of hydrogen-bond donors (Lipinski definition) is 2. The third-order valence-corrected chi connectivity index (χ3v) is 6.42. The van der Waals surface area contributed by atoms with E-state index in [2.05, 4.69) is 14.8 Å². The van der Waals surface area contributed by atoms with Crippen molar-refractivity contribution in [2.24, 2.45) is 5.92 Å². The molecule has 6 nitrogen and oxygen atoms in total. The topological polar surface area (TPSA) is 84.5 Å². The molecular weight excluding hydrogens is 312 g/mol. The van der Waals surface area contributed by atoms with Gasteiger partial charge in [-0.25, -0.2) is 17.9 Å². The summed E-state index contributed by atoms with van der Waals surface area (Å²) in [6.45, 7) is 3.99. The SMILES string of the molecule is COC(=O)c1scc(C)c1S(=O)(=O)NCCC1CCNC1. The number of carbonyl (C=O) groups excluding carboxylic acids is 1. The van der Waals surface area contributed by atoms with Crippen LogP contribution in [0.1, 0.15) is 28.1 Å². The van der Waals surface area contributed by atoms with Gasteiger partial charge in [-0.3, -0.25) is 0 Å². The Labute approximate surface area is 128 Å². The third kappa shape index (κ3) is 3.82. The maximum absolute atomic E-state index is 12.4. The number of carbonyl (C=O) groups is 1. The zero-order valence-electron chi connectivity index (χ0n) is 12.1. The molecule has 8 heteroatoms. The highest BCUT2D eigenvalue weighted by Gasteiger charge is 2.27. The van der Waals surface area contributed by atoms with E-state index in [9.17, 15) is 13.2 Å². The lowest BCUT2D eigenvalue weighted by molar-refractivity contribution is 0.0602. The number of thiophene rings is 1. The van der Waals surface area contributed by atoms with Gasteiger partial charge in [-0.05, 0) is 49.7 Å². The van der Waals surface area contributed by atoms with E-state index in [0.717, 1.165) is 37.3 Å². The number of rotatable bonds is 6. The molecule has 118 valence electrons. The van der Waals surface area contributed by atoms with Gasteiger partial charge in [-0.1, -0.05) is 0 Å². The van der Waals surface area contributed by atoms with Crippen LogP contribution in [0.15, 0.2) is 10.3 Å². The van der Waals surface area contributed by atoms with Crippen molar-refractivity contribution in [2.75, 3.05) is 26.7 Å². The lowest BCUT2D eigenvalue weighted by Crippen LogP contribution is -2.28. The van der Waals surface area contributed by atoms with Crippen molar-refractivity contribution in [3.8, 4) is 0 Å². The Bertz CT molecular complexity index is 604. The molecule has 0 radical (unpaired) electrons. The Hall–Kier alpha value is -0.960. The number of aryl methyl sites for hydroxylation is 1. The minimum Gasteiger partial charge on any atom is -0.465 e. The summed E-state index contributed by atoms with van der Waals surface area (Å²) in [6.07, 6.45) is 1.87. The van der Waals surface area contributed by atoms with Crippen LogP contribution in [0.5, 0.6) is 0 Å². The van der Waals surface area contributed by atoms with Crippen LogP contribution in [0.25, 0.3) is 0 Å². The molecular formula is C13H20N2O4S2. The Morgan fingerprint density at radius 3 is 2.95 bits per heavy atom. The van der Waals surface area contributed by atoms with Crippen LogP contribution in [0.4, 0.5) is 0 Å².